The van der Waals surface area contributed by atoms with Gasteiger partial charge < -0.3 is 15.0 Å². The third-order valence-corrected chi connectivity index (χ3v) is 4.83. The Bertz CT molecular complexity index is 1000. The number of nitrogens with zero attached hydrogens (tertiary/aromatic N) is 4. The SMILES string of the molecule is C[C@@H](NC(=O)CCN1C(=O)COc2ccccc21)c1ccc(-n2ccnn2)cc1. The molecule has 0 saturated carbocycles. The minimum Gasteiger partial charge on any atom is -0.482 e. The number of aromatic nitrogens is 3. The van der Waals surface area contributed by atoms with Crippen molar-refractivity contribution in [1.82, 2.24) is 20.3 Å². The Morgan fingerprint density at radius 3 is 2.76 bits per heavy atom. The highest BCUT2D eigenvalue weighted by molar-refractivity contribution is 5.98. The summed E-state index contributed by atoms with van der Waals surface area (Å²) in [6.07, 6.45) is 3.60. The molecule has 2 aromatic carbocycles. The van der Waals surface area contributed by atoms with Crippen LogP contribution in [0, 0.1) is 0 Å². The van der Waals surface area contributed by atoms with Crippen LogP contribution in [0.2, 0.25) is 0 Å². The summed E-state index contributed by atoms with van der Waals surface area (Å²) in [6.45, 7) is 2.23. The molecule has 148 valence electrons. The van der Waals surface area contributed by atoms with Crippen molar-refractivity contribution in [2.75, 3.05) is 18.1 Å². The second-order valence-corrected chi connectivity index (χ2v) is 6.78. The van der Waals surface area contributed by atoms with Crippen molar-refractivity contribution in [3.8, 4) is 11.4 Å². The van der Waals surface area contributed by atoms with Crippen molar-refractivity contribution >= 4 is 17.5 Å². The molecule has 0 spiro atoms. The van der Waals surface area contributed by atoms with Gasteiger partial charge in [0.05, 0.1) is 29.8 Å². The van der Waals surface area contributed by atoms with Gasteiger partial charge in [-0.3, -0.25) is 9.59 Å². The van der Waals surface area contributed by atoms with Crippen molar-refractivity contribution < 1.29 is 14.3 Å². The Kier molecular flexibility index (Phi) is 5.24. The molecule has 0 saturated heterocycles. The summed E-state index contributed by atoms with van der Waals surface area (Å²) in [5, 5.41) is 10.7. The van der Waals surface area contributed by atoms with Crippen LogP contribution in [0.25, 0.3) is 5.69 Å². The van der Waals surface area contributed by atoms with Crippen molar-refractivity contribution in [2.45, 2.75) is 19.4 Å². The number of carbonyl (C=O) groups excluding carboxylic acids is 2. The highest BCUT2D eigenvalue weighted by atomic mass is 16.5. The smallest absolute Gasteiger partial charge is 0.265 e. The molecule has 0 fully saturated rings. The number of amides is 2. The van der Waals surface area contributed by atoms with Crippen LogP contribution in [0.5, 0.6) is 5.75 Å². The molecule has 1 atom stereocenters. The van der Waals surface area contributed by atoms with E-state index in [0.29, 0.717) is 18.0 Å². The van der Waals surface area contributed by atoms with Gasteiger partial charge in [0.15, 0.2) is 6.61 Å². The zero-order valence-corrected chi connectivity index (χ0v) is 16.0. The van der Waals surface area contributed by atoms with Crippen molar-refractivity contribution in [3.05, 3.63) is 66.5 Å². The number of para-hydroxylation sites is 2. The van der Waals surface area contributed by atoms with E-state index in [0.717, 1.165) is 11.3 Å². The van der Waals surface area contributed by atoms with Gasteiger partial charge in [-0.1, -0.05) is 29.5 Å². The molecule has 2 amide bonds. The standard InChI is InChI=1S/C21H21N5O3/c1-15(16-6-8-17(9-7-16)26-13-11-22-24-26)23-20(27)10-12-25-18-4-2-3-5-19(18)29-14-21(25)28/h2-9,11,13,15H,10,12,14H2,1H3,(H,23,27)/t15-/m1/s1. The van der Waals surface area contributed by atoms with Gasteiger partial charge in [0, 0.05) is 13.0 Å². The molecule has 1 aromatic heterocycles. The Hall–Kier alpha value is -3.68. The second kappa shape index (κ2) is 8.14. The zero-order chi connectivity index (χ0) is 20.2. The molecule has 3 aromatic rings. The number of carbonyl (C=O) groups is 2. The predicted octanol–water partition coefficient (Wildman–Crippen LogP) is 2.26. The minimum absolute atomic E-state index is 0.00679. The summed E-state index contributed by atoms with van der Waals surface area (Å²) in [5.74, 6) is 0.399. The van der Waals surface area contributed by atoms with E-state index in [9.17, 15) is 9.59 Å². The summed E-state index contributed by atoms with van der Waals surface area (Å²) in [4.78, 5) is 26.2. The van der Waals surface area contributed by atoms with Crippen LogP contribution in [-0.2, 0) is 9.59 Å². The largest absolute Gasteiger partial charge is 0.482 e. The van der Waals surface area contributed by atoms with Crippen molar-refractivity contribution in [2.24, 2.45) is 0 Å². The Balaban J connectivity index is 1.34. The lowest BCUT2D eigenvalue weighted by atomic mass is 10.1. The Morgan fingerprint density at radius 1 is 1.21 bits per heavy atom. The molecule has 29 heavy (non-hydrogen) atoms. The predicted molar refractivity (Wildman–Crippen MR) is 107 cm³/mol. The first-order valence-electron chi connectivity index (χ1n) is 9.40. The van der Waals surface area contributed by atoms with E-state index in [1.165, 1.54) is 0 Å². The van der Waals surface area contributed by atoms with E-state index in [4.69, 9.17) is 4.74 Å². The van der Waals surface area contributed by atoms with Crippen LogP contribution < -0.4 is 15.0 Å². The topological polar surface area (TPSA) is 89.4 Å². The molecule has 1 aliphatic rings. The van der Waals surface area contributed by atoms with E-state index in [1.54, 1.807) is 22.0 Å². The van der Waals surface area contributed by atoms with Crippen LogP contribution in [0.3, 0.4) is 0 Å². The number of fused-ring (bicyclic) bond motifs is 1. The highest BCUT2D eigenvalue weighted by Crippen LogP contribution is 2.31. The lowest BCUT2D eigenvalue weighted by Gasteiger charge is -2.29. The molecule has 0 bridgehead atoms. The first kappa shape index (κ1) is 18.7. The van der Waals surface area contributed by atoms with Gasteiger partial charge in [-0.25, -0.2) is 4.68 Å². The fraction of sp³-hybridized carbons (Fsp3) is 0.238. The molecular formula is C21H21N5O3. The van der Waals surface area contributed by atoms with Gasteiger partial charge in [0.25, 0.3) is 5.91 Å². The van der Waals surface area contributed by atoms with Crippen LogP contribution in [0.1, 0.15) is 24.9 Å². The maximum absolute atomic E-state index is 12.4. The lowest BCUT2D eigenvalue weighted by molar-refractivity contribution is -0.122. The Labute approximate surface area is 168 Å². The molecule has 8 nitrogen and oxygen atoms in total. The molecule has 0 aliphatic carbocycles. The van der Waals surface area contributed by atoms with Crippen LogP contribution in [0.4, 0.5) is 5.69 Å². The quantitative estimate of drug-likeness (QED) is 0.696. The average Bonchev–Trinajstić information content (AvgIpc) is 3.28. The number of benzene rings is 2. The molecule has 0 radical (unpaired) electrons. The maximum atomic E-state index is 12.4. The van der Waals surface area contributed by atoms with Gasteiger partial charge in [-0.2, -0.15) is 0 Å². The summed E-state index contributed by atoms with van der Waals surface area (Å²) in [5.41, 5.74) is 2.58. The summed E-state index contributed by atoms with van der Waals surface area (Å²) in [7, 11) is 0. The summed E-state index contributed by atoms with van der Waals surface area (Å²) < 4.78 is 7.10. The monoisotopic (exact) mass is 391 g/mol. The van der Waals surface area contributed by atoms with E-state index < -0.39 is 0 Å². The van der Waals surface area contributed by atoms with E-state index in [-0.39, 0.29) is 30.9 Å². The molecule has 1 aliphatic heterocycles. The second-order valence-electron chi connectivity index (χ2n) is 6.78. The van der Waals surface area contributed by atoms with Gasteiger partial charge in [0.1, 0.15) is 5.75 Å². The molecule has 0 unspecified atom stereocenters. The van der Waals surface area contributed by atoms with Gasteiger partial charge in [0.2, 0.25) is 5.91 Å². The third-order valence-electron chi connectivity index (χ3n) is 4.83. The molecule has 4 rings (SSSR count). The number of hydrogen-bond acceptors (Lipinski definition) is 5. The highest BCUT2D eigenvalue weighted by Gasteiger charge is 2.25. The number of nitrogens with one attached hydrogen (secondary N) is 1. The molecule has 1 N–H and O–H groups in total. The van der Waals surface area contributed by atoms with E-state index >= 15 is 0 Å². The normalized spacial score (nSPS) is 14.1. The van der Waals surface area contributed by atoms with Crippen LogP contribution >= 0.6 is 0 Å². The summed E-state index contributed by atoms with van der Waals surface area (Å²) in [6, 6.07) is 14.9. The number of hydrogen-bond donors (Lipinski definition) is 1. The van der Waals surface area contributed by atoms with E-state index in [1.807, 2.05) is 55.5 Å². The van der Waals surface area contributed by atoms with Gasteiger partial charge >= 0.3 is 0 Å². The summed E-state index contributed by atoms with van der Waals surface area (Å²) >= 11 is 0. The third kappa shape index (κ3) is 4.11. The molecule has 2 heterocycles. The Morgan fingerprint density at radius 2 is 2.00 bits per heavy atom. The van der Waals surface area contributed by atoms with Crippen LogP contribution in [0.15, 0.2) is 60.9 Å². The number of anilines is 1. The maximum Gasteiger partial charge on any atom is 0.265 e. The molecular weight excluding hydrogens is 370 g/mol. The van der Waals surface area contributed by atoms with Crippen molar-refractivity contribution in [3.63, 3.8) is 0 Å². The number of rotatable bonds is 6. The first-order chi connectivity index (χ1) is 14.1. The first-order valence-corrected chi connectivity index (χ1v) is 9.40. The van der Waals surface area contributed by atoms with E-state index in [2.05, 4.69) is 15.6 Å². The lowest BCUT2D eigenvalue weighted by Crippen LogP contribution is -2.41. The van der Waals surface area contributed by atoms with Gasteiger partial charge in [-0.05, 0) is 36.8 Å². The fourth-order valence-corrected chi connectivity index (χ4v) is 3.27. The molecule has 8 heteroatoms. The fourth-order valence-electron chi connectivity index (χ4n) is 3.27. The zero-order valence-electron chi connectivity index (χ0n) is 16.0. The van der Waals surface area contributed by atoms with Crippen molar-refractivity contribution in [1.29, 1.82) is 0 Å². The van der Waals surface area contributed by atoms with Gasteiger partial charge in [-0.15, -0.1) is 5.10 Å². The minimum atomic E-state index is -0.153. The van der Waals surface area contributed by atoms with Crippen LogP contribution in [-0.4, -0.2) is 40.0 Å². The average molecular weight is 391 g/mol. The number of ether oxygens (including phenoxy) is 1.